The third-order valence-corrected chi connectivity index (χ3v) is 5.23. The van der Waals surface area contributed by atoms with Gasteiger partial charge in [0.25, 0.3) is 0 Å². The molecule has 0 unspecified atom stereocenters. The first-order chi connectivity index (χ1) is 11.2. The van der Waals surface area contributed by atoms with E-state index in [9.17, 15) is 9.18 Å². The minimum absolute atomic E-state index is 0.0988. The number of carbonyl (C=O) groups is 1. The number of rotatable bonds is 2. The highest BCUT2D eigenvalue weighted by atomic mass is 19.1. The van der Waals surface area contributed by atoms with Gasteiger partial charge in [-0.05, 0) is 49.9 Å². The van der Waals surface area contributed by atoms with Crippen molar-refractivity contribution in [3.8, 4) is 0 Å². The van der Waals surface area contributed by atoms with E-state index in [2.05, 4.69) is 10.2 Å². The van der Waals surface area contributed by atoms with Crippen molar-refractivity contribution in [1.29, 1.82) is 0 Å². The molecule has 0 spiro atoms. The molecule has 2 fully saturated rings. The number of carbonyl (C=O) groups excluding carboxylic acids is 1. The van der Waals surface area contributed by atoms with Crippen molar-refractivity contribution in [2.75, 3.05) is 13.1 Å². The molecule has 0 bridgehead atoms. The molecular formula is C19H27FN2O. The van der Waals surface area contributed by atoms with Crippen LogP contribution in [0.4, 0.5) is 4.39 Å². The van der Waals surface area contributed by atoms with Crippen molar-refractivity contribution in [3.63, 3.8) is 0 Å². The Hall–Kier alpha value is -1.42. The van der Waals surface area contributed by atoms with Gasteiger partial charge in [0.2, 0.25) is 5.91 Å². The molecule has 3 nitrogen and oxygen atoms in total. The molecule has 1 saturated carbocycles. The monoisotopic (exact) mass is 318 g/mol. The van der Waals surface area contributed by atoms with Crippen LogP contribution < -0.4 is 5.32 Å². The predicted molar refractivity (Wildman–Crippen MR) is 89.4 cm³/mol. The van der Waals surface area contributed by atoms with E-state index in [-0.39, 0.29) is 17.6 Å². The van der Waals surface area contributed by atoms with Crippen LogP contribution in [-0.2, 0) is 11.3 Å². The van der Waals surface area contributed by atoms with Crippen LogP contribution in [0.3, 0.4) is 0 Å². The van der Waals surface area contributed by atoms with Gasteiger partial charge in [-0.3, -0.25) is 9.69 Å². The molecule has 1 amide bonds. The second kappa shape index (κ2) is 7.91. The predicted octanol–water partition coefficient (Wildman–Crippen LogP) is 3.49. The fraction of sp³-hybridized carbons (Fsp3) is 0.632. The molecular weight excluding hydrogens is 291 g/mol. The Morgan fingerprint density at radius 2 is 2.00 bits per heavy atom. The number of hydrogen-bond acceptors (Lipinski definition) is 2. The van der Waals surface area contributed by atoms with E-state index in [0.29, 0.717) is 6.04 Å². The molecule has 0 radical (unpaired) electrons. The highest BCUT2D eigenvalue weighted by molar-refractivity contribution is 5.79. The second-order valence-corrected chi connectivity index (χ2v) is 6.91. The molecule has 1 saturated heterocycles. The van der Waals surface area contributed by atoms with E-state index >= 15 is 0 Å². The fourth-order valence-electron chi connectivity index (χ4n) is 4.05. The van der Waals surface area contributed by atoms with Gasteiger partial charge in [-0.2, -0.15) is 0 Å². The number of nitrogens with zero attached hydrogens (tertiary/aromatic N) is 1. The van der Waals surface area contributed by atoms with Crippen LogP contribution in [0, 0.1) is 11.7 Å². The number of benzene rings is 1. The Kier molecular flexibility index (Phi) is 5.65. The van der Waals surface area contributed by atoms with Gasteiger partial charge in [-0.25, -0.2) is 4.39 Å². The molecule has 2 atom stereocenters. The average Bonchev–Trinajstić information content (AvgIpc) is 3.01. The maximum atomic E-state index is 13.5. The molecule has 1 aromatic rings. The van der Waals surface area contributed by atoms with Crippen LogP contribution in [0.1, 0.15) is 50.5 Å². The van der Waals surface area contributed by atoms with Crippen LogP contribution in [0.25, 0.3) is 0 Å². The summed E-state index contributed by atoms with van der Waals surface area (Å²) in [5, 5.41) is 3.12. The van der Waals surface area contributed by atoms with Crippen molar-refractivity contribution < 1.29 is 9.18 Å². The molecule has 1 heterocycles. The van der Waals surface area contributed by atoms with Crippen LogP contribution in [-0.4, -0.2) is 29.9 Å². The van der Waals surface area contributed by atoms with Crippen LogP contribution in [0.15, 0.2) is 24.3 Å². The molecule has 1 aliphatic carbocycles. The van der Waals surface area contributed by atoms with Crippen LogP contribution >= 0.6 is 0 Å². The summed E-state index contributed by atoms with van der Waals surface area (Å²) in [5.74, 6) is 0.140. The SMILES string of the molecule is O=C1NCCCCCCN(Cc2cccc(F)c2)[C@H]2CCC[C@@H]12. The molecule has 1 aromatic carbocycles. The first-order valence-corrected chi connectivity index (χ1v) is 9.00. The second-order valence-electron chi connectivity index (χ2n) is 6.91. The third-order valence-electron chi connectivity index (χ3n) is 5.23. The van der Waals surface area contributed by atoms with Crippen LogP contribution in [0.5, 0.6) is 0 Å². The Morgan fingerprint density at radius 1 is 1.13 bits per heavy atom. The standard InChI is InChI=1S/C19H27FN2O/c20-16-8-5-7-15(13-16)14-22-12-4-2-1-3-11-21-19(23)17-9-6-10-18(17)22/h5,7-8,13,17-18H,1-4,6,9-12,14H2,(H,21,23)/t17-,18+/m1/s1. The molecule has 2 aliphatic rings. The summed E-state index contributed by atoms with van der Waals surface area (Å²) in [6.45, 7) is 2.56. The van der Waals surface area contributed by atoms with Crippen molar-refractivity contribution in [3.05, 3.63) is 35.6 Å². The molecule has 3 rings (SSSR count). The summed E-state index contributed by atoms with van der Waals surface area (Å²) in [7, 11) is 0. The maximum Gasteiger partial charge on any atom is 0.224 e. The summed E-state index contributed by atoms with van der Waals surface area (Å²) in [6.07, 6.45) is 7.78. The Morgan fingerprint density at radius 3 is 2.87 bits per heavy atom. The van der Waals surface area contributed by atoms with Gasteiger partial charge in [0, 0.05) is 19.1 Å². The highest BCUT2D eigenvalue weighted by Gasteiger charge is 2.36. The Balaban J connectivity index is 1.77. The minimum Gasteiger partial charge on any atom is -0.356 e. The van der Waals surface area contributed by atoms with Crippen LogP contribution in [0.2, 0.25) is 0 Å². The van der Waals surface area contributed by atoms with Gasteiger partial charge >= 0.3 is 0 Å². The van der Waals surface area contributed by atoms with Crippen molar-refractivity contribution in [2.24, 2.45) is 5.92 Å². The van der Waals surface area contributed by atoms with E-state index in [0.717, 1.165) is 57.3 Å². The number of fused-ring (bicyclic) bond motifs is 1. The summed E-state index contributed by atoms with van der Waals surface area (Å²) in [4.78, 5) is 14.9. The normalized spacial score (nSPS) is 27.1. The van der Waals surface area contributed by atoms with Gasteiger partial charge < -0.3 is 5.32 Å². The first kappa shape index (κ1) is 16.4. The topological polar surface area (TPSA) is 32.3 Å². The lowest BCUT2D eigenvalue weighted by molar-refractivity contribution is -0.126. The quantitative estimate of drug-likeness (QED) is 0.905. The smallest absolute Gasteiger partial charge is 0.224 e. The number of halogens is 1. The molecule has 4 heteroatoms. The Labute approximate surface area is 138 Å². The molecule has 0 aromatic heterocycles. The number of hydrogen-bond donors (Lipinski definition) is 1. The van der Waals surface area contributed by atoms with Gasteiger partial charge in [-0.1, -0.05) is 31.4 Å². The largest absolute Gasteiger partial charge is 0.356 e. The van der Waals surface area contributed by atoms with E-state index < -0.39 is 0 Å². The van der Waals surface area contributed by atoms with Gasteiger partial charge in [0.1, 0.15) is 5.82 Å². The molecule has 1 N–H and O–H groups in total. The lowest BCUT2D eigenvalue weighted by Crippen LogP contribution is -2.44. The molecule has 1 aliphatic heterocycles. The first-order valence-electron chi connectivity index (χ1n) is 9.00. The maximum absolute atomic E-state index is 13.5. The number of nitrogens with one attached hydrogen (secondary N) is 1. The summed E-state index contributed by atoms with van der Waals surface area (Å²) >= 11 is 0. The zero-order valence-corrected chi connectivity index (χ0v) is 13.8. The van der Waals surface area contributed by atoms with E-state index in [1.165, 1.54) is 18.9 Å². The number of amides is 1. The minimum atomic E-state index is -0.180. The lowest BCUT2D eigenvalue weighted by atomic mass is 10.00. The summed E-state index contributed by atoms with van der Waals surface area (Å²) in [5.41, 5.74) is 1.01. The molecule has 126 valence electrons. The Bertz CT molecular complexity index is 534. The summed E-state index contributed by atoms with van der Waals surface area (Å²) in [6, 6.07) is 7.17. The van der Waals surface area contributed by atoms with Crippen molar-refractivity contribution >= 4 is 5.91 Å². The van der Waals surface area contributed by atoms with Gasteiger partial charge in [0.15, 0.2) is 0 Å². The lowest BCUT2D eigenvalue weighted by Gasteiger charge is -2.32. The van der Waals surface area contributed by atoms with E-state index in [1.54, 1.807) is 12.1 Å². The zero-order valence-electron chi connectivity index (χ0n) is 13.8. The van der Waals surface area contributed by atoms with Crippen molar-refractivity contribution in [1.82, 2.24) is 10.2 Å². The average molecular weight is 318 g/mol. The third kappa shape index (κ3) is 4.31. The van der Waals surface area contributed by atoms with Gasteiger partial charge in [0.05, 0.1) is 5.92 Å². The van der Waals surface area contributed by atoms with E-state index in [4.69, 9.17) is 0 Å². The zero-order chi connectivity index (χ0) is 16.1. The molecule has 23 heavy (non-hydrogen) atoms. The summed E-state index contributed by atoms with van der Waals surface area (Å²) < 4.78 is 13.5. The highest BCUT2D eigenvalue weighted by Crippen LogP contribution is 2.32. The van der Waals surface area contributed by atoms with Crippen molar-refractivity contribution in [2.45, 2.75) is 57.5 Å². The van der Waals surface area contributed by atoms with Gasteiger partial charge in [-0.15, -0.1) is 0 Å². The fourth-order valence-corrected chi connectivity index (χ4v) is 4.05. The van der Waals surface area contributed by atoms with E-state index in [1.807, 2.05) is 6.07 Å².